The summed E-state index contributed by atoms with van der Waals surface area (Å²) in [6.07, 6.45) is 0.543. The number of para-hydroxylation sites is 1. The Morgan fingerprint density at radius 1 is 1.29 bits per heavy atom. The molecule has 2 unspecified atom stereocenters. The zero-order chi connectivity index (χ0) is 17.3. The van der Waals surface area contributed by atoms with Gasteiger partial charge >= 0.3 is 5.97 Å². The Labute approximate surface area is 137 Å². The highest BCUT2D eigenvalue weighted by atomic mass is 16.5. The van der Waals surface area contributed by atoms with Crippen LogP contribution in [-0.2, 0) is 14.4 Å². The van der Waals surface area contributed by atoms with Crippen LogP contribution in [0.1, 0.15) is 12.8 Å². The molecule has 2 aliphatic heterocycles. The van der Waals surface area contributed by atoms with E-state index in [4.69, 9.17) is 9.84 Å². The molecule has 0 saturated carbocycles. The number of amides is 2. The number of hydrogen-bond acceptors (Lipinski definition) is 5. The quantitative estimate of drug-likeness (QED) is 0.673. The van der Waals surface area contributed by atoms with Crippen molar-refractivity contribution >= 4 is 17.8 Å². The lowest BCUT2D eigenvalue weighted by atomic mass is 9.86. The molecular weight excluding hydrogens is 316 g/mol. The molecule has 2 heterocycles. The van der Waals surface area contributed by atoms with Crippen LogP contribution in [0.5, 0.6) is 5.75 Å². The number of nitrogens with one attached hydrogen (secondary N) is 1. The molecule has 0 radical (unpaired) electrons. The Balaban J connectivity index is 1.59. The fraction of sp³-hybridized carbons (Fsp3) is 0.312. The van der Waals surface area contributed by atoms with Crippen molar-refractivity contribution in [2.45, 2.75) is 24.9 Å². The summed E-state index contributed by atoms with van der Waals surface area (Å²) in [7, 11) is 0. The Morgan fingerprint density at radius 3 is 2.67 bits per heavy atom. The summed E-state index contributed by atoms with van der Waals surface area (Å²) in [4.78, 5) is 36.3. The van der Waals surface area contributed by atoms with Gasteiger partial charge in [-0.25, -0.2) is 4.79 Å². The van der Waals surface area contributed by atoms with Gasteiger partial charge in [-0.15, -0.1) is 0 Å². The van der Waals surface area contributed by atoms with E-state index in [1.807, 2.05) is 6.07 Å². The van der Waals surface area contributed by atoms with Crippen LogP contribution in [0.25, 0.3) is 0 Å². The zero-order valence-corrected chi connectivity index (χ0v) is 12.6. The highest BCUT2D eigenvalue weighted by Crippen LogP contribution is 2.35. The topological polar surface area (TPSA) is 116 Å². The third-order valence-electron chi connectivity index (χ3n) is 4.04. The van der Waals surface area contributed by atoms with Gasteiger partial charge in [0.15, 0.2) is 12.3 Å². The molecule has 24 heavy (non-hydrogen) atoms. The molecular formula is C16H16N2O6. The van der Waals surface area contributed by atoms with Gasteiger partial charge in [0.25, 0.3) is 11.8 Å². The minimum atomic E-state index is -1.36. The predicted octanol–water partition coefficient (Wildman–Crippen LogP) is 0.409. The van der Waals surface area contributed by atoms with Crippen molar-refractivity contribution in [3.8, 4) is 5.75 Å². The van der Waals surface area contributed by atoms with E-state index in [1.54, 1.807) is 24.3 Å². The number of ether oxygens (including phenoxy) is 1. The van der Waals surface area contributed by atoms with Gasteiger partial charge in [0.1, 0.15) is 17.6 Å². The van der Waals surface area contributed by atoms with Gasteiger partial charge in [-0.1, -0.05) is 18.2 Å². The fourth-order valence-electron chi connectivity index (χ4n) is 2.92. The SMILES string of the molecule is O=C(COc1ccccc1)NC1C(=O)N2C(C(=O)O)=C(O)CCC12. The van der Waals surface area contributed by atoms with Gasteiger partial charge in [0.05, 0.1) is 6.04 Å². The molecule has 0 aliphatic carbocycles. The first-order valence-electron chi connectivity index (χ1n) is 7.44. The van der Waals surface area contributed by atoms with Crippen LogP contribution >= 0.6 is 0 Å². The molecule has 3 N–H and O–H groups in total. The highest BCUT2D eigenvalue weighted by Gasteiger charge is 2.53. The van der Waals surface area contributed by atoms with E-state index in [9.17, 15) is 19.5 Å². The summed E-state index contributed by atoms with van der Waals surface area (Å²) in [5.41, 5.74) is -0.401. The molecule has 0 spiro atoms. The van der Waals surface area contributed by atoms with Crippen molar-refractivity contribution in [1.82, 2.24) is 10.2 Å². The fourth-order valence-corrected chi connectivity index (χ4v) is 2.92. The first kappa shape index (κ1) is 15.9. The van der Waals surface area contributed by atoms with Crippen LogP contribution in [0.15, 0.2) is 41.8 Å². The van der Waals surface area contributed by atoms with Gasteiger partial charge in [0.2, 0.25) is 0 Å². The second-order valence-corrected chi connectivity index (χ2v) is 5.56. The van der Waals surface area contributed by atoms with Gasteiger partial charge in [0, 0.05) is 6.42 Å². The van der Waals surface area contributed by atoms with Crippen molar-refractivity contribution in [2.24, 2.45) is 0 Å². The molecule has 2 atom stereocenters. The smallest absolute Gasteiger partial charge is 0.356 e. The molecule has 1 saturated heterocycles. The summed E-state index contributed by atoms with van der Waals surface area (Å²) in [6.45, 7) is -0.243. The number of fused-ring (bicyclic) bond motifs is 1. The number of benzene rings is 1. The van der Waals surface area contributed by atoms with Crippen molar-refractivity contribution in [1.29, 1.82) is 0 Å². The van der Waals surface area contributed by atoms with Crippen molar-refractivity contribution in [2.75, 3.05) is 6.61 Å². The molecule has 2 aliphatic rings. The van der Waals surface area contributed by atoms with E-state index >= 15 is 0 Å². The average molecular weight is 332 g/mol. The summed E-state index contributed by atoms with van der Waals surface area (Å²) in [6, 6.07) is 7.53. The minimum absolute atomic E-state index is 0.156. The Kier molecular flexibility index (Phi) is 4.11. The molecule has 3 rings (SSSR count). The van der Waals surface area contributed by atoms with E-state index < -0.39 is 35.6 Å². The monoisotopic (exact) mass is 332 g/mol. The summed E-state index contributed by atoms with van der Waals surface area (Å²) < 4.78 is 5.30. The third-order valence-corrected chi connectivity index (χ3v) is 4.04. The first-order valence-corrected chi connectivity index (χ1v) is 7.44. The lowest BCUT2D eigenvalue weighted by molar-refractivity contribution is -0.156. The number of carboxylic acids is 1. The summed E-state index contributed by atoms with van der Waals surface area (Å²) >= 11 is 0. The molecule has 0 aromatic heterocycles. The number of aliphatic hydroxyl groups excluding tert-OH is 1. The maximum Gasteiger partial charge on any atom is 0.356 e. The van der Waals surface area contributed by atoms with E-state index in [1.165, 1.54) is 0 Å². The number of aliphatic hydroxyl groups is 1. The second-order valence-electron chi connectivity index (χ2n) is 5.56. The number of carbonyl (C=O) groups is 3. The average Bonchev–Trinajstić information content (AvgIpc) is 2.58. The Hall–Kier alpha value is -3.03. The maximum atomic E-state index is 12.1. The lowest BCUT2D eigenvalue weighted by Crippen LogP contribution is -2.71. The second kappa shape index (κ2) is 6.23. The number of aliphatic carboxylic acids is 1. The standard InChI is InChI=1S/C16H16N2O6/c19-11-7-6-10-13(15(21)18(10)14(11)16(22)23)17-12(20)8-24-9-4-2-1-3-5-9/h1-5,10,13,19H,6-8H2,(H,17,20)(H,22,23). The number of β-lactam (4-membered cyclic amide) rings is 1. The zero-order valence-electron chi connectivity index (χ0n) is 12.6. The summed E-state index contributed by atoms with van der Waals surface area (Å²) in [5, 5.41) is 21.3. The number of rotatable bonds is 5. The summed E-state index contributed by atoms with van der Waals surface area (Å²) in [5.74, 6) is -2.15. The van der Waals surface area contributed by atoms with E-state index in [0.717, 1.165) is 4.90 Å². The molecule has 0 bridgehead atoms. The van der Waals surface area contributed by atoms with Crippen LogP contribution in [-0.4, -0.2) is 51.6 Å². The molecule has 1 aromatic rings. The van der Waals surface area contributed by atoms with E-state index in [0.29, 0.717) is 12.2 Å². The largest absolute Gasteiger partial charge is 0.510 e. The molecule has 126 valence electrons. The molecule has 1 aromatic carbocycles. The minimum Gasteiger partial charge on any atom is -0.510 e. The van der Waals surface area contributed by atoms with Crippen molar-refractivity contribution in [3.63, 3.8) is 0 Å². The lowest BCUT2D eigenvalue weighted by Gasteiger charge is -2.49. The Bertz CT molecular complexity index is 715. The van der Waals surface area contributed by atoms with Crippen LogP contribution < -0.4 is 10.1 Å². The van der Waals surface area contributed by atoms with Crippen LogP contribution in [0, 0.1) is 0 Å². The van der Waals surface area contributed by atoms with Gasteiger partial charge in [-0.2, -0.15) is 0 Å². The number of carbonyl (C=O) groups excluding carboxylic acids is 2. The predicted molar refractivity (Wildman–Crippen MR) is 81.0 cm³/mol. The Morgan fingerprint density at radius 2 is 2.00 bits per heavy atom. The number of carboxylic acid groups (broad SMARTS) is 1. The maximum absolute atomic E-state index is 12.1. The molecule has 2 amide bonds. The van der Waals surface area contributed by atoms with Gasteiger partial charge in [-0.05, 0) is 18.6 Å². The van der Waals surface area contributed by atoms with Crippen molar-refractivity contribution in [3.05, 3.63) is 41.8 Å². The first-order chi connectivity index (χ1) is 11.5. The van der Waals surface area contributed by atoms with E-state index in [-0.39, 0.29) is 18.8 Å². The van der Waals surface area contributed by atoms with Crippen LogP contribution in [0.3, 0.4) is 0 Å². The number of hydrogen-bond donors (Lipinski definition) is 3. The normalized spacial score (nSPS) is 22.5. The molecule has 8 nitrogen and oxygen atoms in total. The third kappa shape index (κ3) is 2.78. The van der Waals surface area contributed by atoms with Gasteiger partial charge in [-0.3, -0.25) is 14.5 Å². The van der Waals surface area contributed by atoms with Crippen LogP contribution in [0.2, 0.25) is 0 Å². The van der Waals surface area contributed by atoms with Crippen molar-refractivity contribution < 1.29 is 29.3 Å². The molecule has 1 fully saturated rings. The molecule has 8 heteroatoms. The van der Waals surface area contributed by atoms with Crippen LogP contribution in [0.4, 0.5) is 0 Å². The van der Waals surface area contributed by atoms with Gasteiger partial charge < -0.3 is 20.3 Å². The number of allylic oxidation sites excluding steroid dienone is 1. The highest BCUT2D eigenvalue weighted by molar-refractivity contribution is 6.01. The van der Waals surface area contributed by atoms with E-state index in [2.05, 4.69) is 5.32 Å². The number of nitrogens with zero attached hydrogens (tertiary/aromatic N) is 1.